The molecule has 0 N–H and O–H groups in total. The molecule has 0 saturated heterocycles. The van der Waals surface area contributed by atoms with Crippen LogP contribution >= 0.6 is 0 Å². The minimum Gasteiger partial charge on any atom is -0.456 e. The summed E-state index contributed by atoms with van der Waals surface area (Å²) in [6, 6.07) is 12.7. The smallest absolute Gasteiger partial charge is 0.167 e. The fraction of sp³-hybridized carbons (Fsp3) is 0. The van der Waals surface area contributed by atoms with Crippen LogP contribution in [0, 0.1) is 0 Å². The Morgan fingerprint density at radius 3 is 1.98 bits per heavy atom. The molecule has 3 aromatic heterocycles. The minimum atomic E-state index is -0.726. The third-order valence-corrected chi connectivity index (χ3v) is 8.31. The molecule has 50 heavy (non-hydrogen) atoms. The fourth-order valence-corrected chi connectivity index (χ4v) is 5.99. The second-order valence-electron chi connectivity index (χ2n) is 11.2. The zero-order valence-electron chi connectivity index (χ0n) is 40.6. The number of furan rings is 2. The highest BCUT2D eigenvalue weighted by Crippen LogP contribution is 2.39. The Bertz CT molecular complexity index is 3690. The summed E-state index contributed by atoms with van der Waals surface area (Å²) in [5.74, 6) is -0.270. The first kappa shape index (κ1) is 17.0. The molecular weight excluding hydrogens is 615 g/mol. The van der Waals surface area contributed by atoms with Crippen LogP contribution in [0.25, 0.3) is 100 Å². The fourth-order valence-electron chi connectivity index (χ4n) is 5.99. The Balaban J connectivity index is 1.27. The number of hydrogen-bond donors (Lipinski definition) is 0. The first-order valence-electron chi connectivity index (χ1n) is 22.9. The number of aromatic nitrogens is 3. The van der Waals surface area contributed by atoms with Crippen LogP contribution in [0.15, 0.2) is 172 Å². The Morgan fingerprint density at radius 2 is 1.12 bits per heavy atom. The molecule has 0 fully saturated rings. The van der Waals surface area contributed by atoms with E-state index in [9.17, 15) is 4.11 Å². The van der Waals surface area contributed by atoms with E-state index in [1.807, 2.05) is 42.5 Å². The SMILES string of the molecule is [2H]c1c([2H])c([2H])c(-c2c([2H])c([2H])c([2H])c3oc4c([2H])c(-c5nc(-c6ccc(-c7ccccc7)cc6)nc(-c6cccc7c6oc6c([2H])c([2H])c([2H])c([2H])c67)n5)c([2H])c([2H])c4c23)c([2H])c1[2H]. The van der Waals surface area contributed by atoms with Crippen molar-refractivity contribution in [1.29, 1.82) is 0 Å². The molecular formula is C45H27N3O2. The van der Waals surface area contributed by atoms with Crippen LogP contribution in [-0.4, -0.2) is 15.0 Å². The number of nitrogens with zero attached hydrogens (tertiary/aromatic N) is 3. The summed E-state index contributed by atoms with van der Waals surface area (Å²) in [7, 11) is 0. The molecule has 10 aromatic rings. The van der Waals surface area contributed by atoms with Gasteiger partial charge in [0.1, 0.15) is 22.3 Å². The normalized spacial score (nSPS) is 15.8. The number of fused-ring (bicyclic) bond motifs is 6. The molecule has 10 rings (SSSR count). The van der Waals surface area contributed by atoms with Gasteiger partial charge >= 0.3 is 0 Å². The third kappa shape index (κ3) is 4.67. The molecule has 0 atom stereocenters. The van der Waals surface area contributed by atoms with Crippen molar-refractivity contribution in [2.45, 2.75) is 0 Å². The average Bonchev–Trinajstić information content (AvgIpc) is 3.92. The maximum atomic E-state index is 9.54. The predicted molar refractivity (Wildman–Crippen MR) is 202 cm³/mol. The van der Waals surface area contributed by atoms with E-state index < -0.39 is 95.3 Å². The zero-order chi connectivity index (χ0) is 46.1. The molecule has 0 saturated carbocycles. The van der Waals surface area contributed by atoms with Gasteiger partial charge in [0.15, 0.2) is 17.5 Å². The highest BCUT2D eigenvalue weighted by Gasteiger charge is 2.19. The van der Waals surface area contributed by atoms with Crippen LogP contribution in [0.4, 0.5) is 0 Å². The summed E-state index contributed by atoms with van der Waals surface area (Å²) in [4.78, 5) is 14.3. The van der Waals surface area contributed by atoms with Gasteiger partial charge in [-0.25, -0.2) is 15.0 Å². The monoisotopic (exact) mass is 656 g/mol. The lowest BCUT2D eigenvalue weighted by molar-refractivity contribution is 0.668. The summed E-state index contributed by atoms with van der Waals surface area (Å²) in [6.07, 6.45) is 0. The van der Waals surface area contributed by atoms with Gasteiger partial charge in [-0.15, -0.1) is 0 Å². The van der Waals surface area contributed by atoms with Gasteiger partial charge < -0.3 is 8.83 Å². The van der Waals surface area contributed by atoms with Crippen molar-refractivity contribution in [1.82, 2.24) is 15.0 Å². The molecule has 3 heterocycles. The lowest BCUT2D eigenvalue weighted by Gasteiger charge is -2.09. The molecule has 0 aliphatic rings. The van der Waals surface area contributed by atoms with E-state index in [0.717, 1.165) is 11.1 Å². The molecule has 0 aliphatic heterocycles. The van der Waals surface area contributed by atoms with Crippen LogP contribution < -0.4 is 0 Å². The third-order valence-electron chi connectivity index (χ3n) is 8.31. The van der Waals surface area contributed by atoms with Crippen molar-refractivity contribution >= 4 is 43.9 Å². The molecule has 0 aliphatic carbocycles. The molecule has 0 radical (unpaired) electrons. The second kappa shape index (κ2) is 11.4. The highest BCUT2D eigenvalue weighted by molar-refractivity contribution is 6.13. The lowest BCUT2D eigenvalue weighted by atomic mass is 9.99. The topological polar surface area (TPSA) is 65.0 Å². The summed E-state index contributed by atoms with van der Waals surface area (Å²) >= 11 is 0. The number of hydrogen-bond acceptors (Lipinski definition) is 5. The lowest BCUT2D eigenvalue weighted by Crippen LogP contribution is -2.00. The molecule has 5 nitrogen and oxygen atoms in total. The van der Waals surface area contributed by atoms with E-state index in [1.54, 1.807) is 30.3 Å². The van der Waals surface area contributed by atoms with E-state index >= 15 is 0 Å². The van der Waals surface area contributed by atoms with Gasteiger partial charge in [-0.3, -0.25) is 0 Å². The minimum absolute atomic E-state index is 0.0540. The van der Waals surface area contributed by atoms with Crippen molar-refractivity contribution in [3.8, 4) is 56.4 Å². The van der Waals surface area contributed by atoms with E-state index in [0.29, 0.717) is 10.9 Å². The van der Waals surface area contributed by atoms with Gasteiger partial charge in [-0.1, -0.05) is 133 Å². The molecule has 5 heteroatoms. The first-order valence-corrected chi connectivity index (χ1v) is 15.4. The Kier molecular flexibility index (Phi) is 3.87. The van der Waals surface area contributed by atoms with E-state index in [-0.39, 0.29) is 73.6 Å². The largest absolute Gasteiger partial charge is 0.456 e. The number of benzene rings is 7. The Morgan fingerprint density at radius 1 is 0.400 bits per heavy atom. The van der Waals surface area contributed by atoms with Crippen molar-refractivity contribution in [2.24, 2.45) is 0 Å². The van der Waals surface area contributed by atoms with Gasteiger partial charge in [-0.05, 0) is 52.5 Å². The molecule has 234 valence electrons. The second-order valence-corrected chi connectivity index (χ2v) is 11.2. The molecule has 0 amide bonds. The molecule has 0 bridgehead atoms. The van der Waals surface area contributed by atoms with Crippen molar-refractivity contribution in [3.05, 3.63) is 163 Å². The van der Waals surface area contributed by atoms with E-state index in [1.165, 1.54) is 0 Å². The Labute approximate surface area is 308 Å². The van der Waals surface area contributed by atoms with Crippen LogP contribution in [0.2, 0.25) is 0 Å². The van der Waals surface area contributed by atoms with Gasteiger partial charge in [0, 0.05) is 32.7 Å². The average molecular weight is 657 g/mol. The van der Waals surface area contributed by atoms with Gasteiger partial charge in [0.2, 0.25) is 0 Å². The molecule has 0 spiro atoms. The van der Waals surface area contributed by atoms with Crippen molar-refractivity contribution in [3.63, 3.8) is 0 Å². The Hall–Kier alpha value is -6.85. The number of para-hydroxylation sites is 2. The highest BCUT2D eigenvalue weighted by atomic mass is 16.3. The maximum absolute atomic E-state index is 9.54. The van der Waals surface area contributed by atoms with Crippen LogP contribution in [0.5, 0.6) is 0 Å². The zero-order valence-corrected chi connectivity index (χ0v) is 25.6. The first-order chi connectivity index (χ1) is 31.0. The summed E-state index contributed by atoms with van der Waals surface area (Å²) in [5, 5.41) is -0.0633. The van der Waals surface area contributed by atoms with Crippen molar-refractivity contribution in [2.75, 3.05) is 0 Å². The number of rotatable bonds is 5. The maximum Gasteiger partial charge on any atom is 0.167 e. The molecule has 0 unspecified atom stereocenters. The van der Waals surface area contributed by atoms with Crippen molar-refractivity contribution < 1.29 is 29.4 Å². The summed E-state index contributed by atoms with van der Waals surface area (Å²) < 4.78 is 143. The standard InChI is InChI=1S/C45H27N3O2/c1-3-11-28(12-4-1)29-21-23-31(24-22-29)43-46-44(48-45(47-43)37-18-9-17-35-34-15-7-8-19-38(34)50-42(35)37)32-25-26-36-40(27-32)49-39-20-10-16-33(41(36)39)30-13-5-2-6-14-30/h1-27H/i2D,5D,6D,7D,8D,10D,13D,14D,15D,16D,19D,20D,25D,26D,27D. The summed E-state index contributed by atoms with van der Waals surface area (Å²) in [5.41, 5.74) is 0.547. The molecule has 7 aromatic carbocycles. The predicted octanol–water partition coefficient (Wildman–Crippen LogP) is 12.0. The summed E-state index contributed by atoms with van der Waals surface area (Å²) in [6.45, 7) is 0. The van der Waals surface area contributed by atoms with Gasteiger partial charge in [-0.2, -0.15) is 0 Å². The van der Waals surface area contributed by atoms with Crippen LogP contribution in [0.3, 0.4) is 0 Å². The van der Waals surface area contributed by atoms with E-state index in [2.05, 4.69) is 0 Å². The van der Waals surface area contributed by atoms with Crippen LogP contribution in [-0.2, 0) is 0 Å². The van der Waals surface area contributed by atoms with E-state index in [4.69, 9.17) is 40.2 Å². The van der Waals surface area contributed by atoms with Crippen LogP contribution in [0.1, 0.15) is 20.6 Å². The van der Waals surface area contributed by atoms with Gasteiger partial charge in [0.25, 0.3) is 0 Å². The quantitative estimate of drug-likeness (QED) is 0.184. The van der Waals surface area contributed by atoms with Gasteiger partial charge in [0.05, 0.1) is 26.1 Å².